The molecule has 1 rings (SSSR count). The fourth-order valence-electron chi connectivity index (χ4n) is 1.92. The molecule has 0 fully saturated rings. The topological polar surface area (TPSA) is 9.23 Å². The van der Waals surface area contributed by atoms with Gasteiger partial charge in [-0.3, -0.25) is 0 Å². The van der Waals surface area contributed by atoms with Gasteiger partial charge in [0, 0.05) is 4.88 Å². The first-order valence-corrected chi connectivity index (χ1v) is 11.0. The summed E-state index contributed by atoms with van der Waals surface area (Å²) in [5.41, 5.74) is 0. The first-order chi connectivity index (χ1) is 8.03. The van der Waals surface area contributed by atoms with Crippen LogP contribution in [0.15, 0.2) is 17.5 Å². The van der Waals surface area contributed by atoms with Crippen molar-refractivity contribution in [3.63, 3.8) is 0 Å². The van der Waals surface area contributed by atoms with E-state index < -0.39 is 8.32 Å². The van der Waals surface area contributed by atoms with Crippen LogP contribution in [-0.2, 0) is 4.43 Å². The molecular formula is C14H26OSSi. The third kappa shape index (κ3) is 6.39. The summed E-state index contributed by atoms with van der Waals surface area (Å²) in [6.07, 6.45) is 6.82. The van der Waals surface area contributed by atoms with E-state index in [0.717, 1.165) is 0 Å². The van der Waals surface area contributed by atoms with E-state index in [-0.39, 0.29) is 0 Å². The van der Waals surface area contributed by atoms with Crippen molar-refractivity contribution in [3.05, 3.63) is 22.4 Å². The van der Waals surface area contributed by atoms with Crippen LogP contribution in [0.5, 0.6) is 0 Å². The molecule has 1 unspecified atom stereocenters. The van der Waals surface area contributed by atoms with E-state index in [1.54, 1.807) is 0 Å². The summed E-state index contributed by atoms with van der Waals surface area (Å²) in [5, 5.41) is 2.15. The normalized spacial score (nSPS) is 13.9. The summed E-state index contributed by atoms with van der Waals surface area (Å²) in [7, 11) is -1.44. The number of unbranched alkanes of at least 4 members (excludes halogenated alkanes) is 3. The van der Waals surface area contributed by atoms with Crippen LogP contribution in [0.4, 0.5) is 0 Å². The molecule has 98 valence electrons. The molecule has 3 heteroatoms. The van der Waals surface area contributed by atoms with Crippen LogP contribution in [0.1, 0.15) is 50.0 Å². The average molecular weight is 271 g/mol. The van der Waals surface area contributed by atoms with Gasteiger partial charge in [-0.25, -0.2) is 0 Å². The standard InChI is InChI=1S/C14H26OSSi/c1-5-6-7-8-10-13(15-17(2,3)4)14-11-9-12-16-14/h9,11-13H,5-8,10H2,1-4H3. The second-order valence-corrected chi connectivity index (χ2v) is 11.0. The Labute approximate surface area is 111 Å². The highest BCUT2D eigenvalue weighted by Gasteiger charge is 2.22. The van der Waals surface area contributed by atoms with Gasteiger partial charge in [-0.2, -0.15) is 0 Å². The molecule has 0 saturated heterocycles. The highest BCUT2D eigenvalue weighted by Crippen LogP contribution is 2.30. The molecule has 1 nitrogen and oxygen atoms in total. The SMILES string of the molecule is CCCCCCC(O[Si](C)(C)C)c1cccs1. The number of rotatable bonds is 8. The van der Waals surface area contributed by atoms with Gasteiger partial charge in [0.1, 0.15) is 0 Å². The van der Waals surface area contributed by atoms with Gasteiger partial charge in [0.15, 0.2) is 8.32 Å². The maximum atomic E-state index is 6.31. The van der Waals surface area contributed by atoms with Crippen LogP contribution in [0.25, 0.3) is 0 Å². The third-order valence-electron chi connectivity index (χ3n) is 2.68. The van der Waals surface area contributed by atoms with Crippen LogP contribution in [-0.4, -0.2) is 8.32 Å². The molecule has 0 bridgehead atoms. The van der Waals surface area contributed by atoms with Gasteiger partial charge in [0.2, 0.25) is 0 Å². The Bertz CT molecular complexity index is 290. The van der Waals surface area contributed by atoms with E-state index in [2.05, 4.69) is 44.1 Å². The molecule has 0 amide bonds. The Kier molecular flexibility index (Phi) is 6.45. The zero-order valence-electron chi connectivity index (χ0n) is 11.7. The summed E-state index contributed by atoms with van der Waals surface area (Å²) < 4.78 is 6.31. The van der Waals surface area contributed by atoms with Crippen LogP contribution >= 0.6 is 11.3 Å². The van der Waals surface area contributed by atoms with E-state index >= 15 is 0 Å². The third-order valence-corrected chi connectivity index (χ3v) is 4.63. The fourth-order valence-corrected chi connectivity index (χ4v) is 3.89. The highest BCUT2D eigenvalue weighted by atomic mass is 32.1. The Hall–Kier alpha value is -0.123. The quantitative estimate of drug-likeness (QED) is 0.440. The van der Waals surface area contributed by atoms with Crippen molar-refractivity contribution in [1.29, 1.82) is 0 Å². The fraction of sp³-hybridized carbons (Fsp3) is 0.714. The van der Waals surface area contributed by atoms with Crippen molar-refractivity contribution < 1.29 is 4.43 Å². The molecule has 0 aliphatic heterocycles. The lowest BCUT2D eigenvalue weighted by Crippen LogP contribution is -2.27. The number of thiophene rings is 1. The second-order valence-electron chi connectivity index (χ2n) is 5.58. The lowest BCUT2D eigenvalue weighted by atomic mass is 10.1. The molecule has 0 aliphatic rings. The predicted molar refractivity (Wildman–Crippen MR) is 80.3 cm³/mol. The van der Waals surface area contributed by atoms with Crippen molar-refractivity contribution in [2.75, 3.05) is 0 Å². The molecule has 1 aromatic rings. The summed E-state index contributed by atoms with van der Waals surface area (Å²) in [4.78, 5) is 1.41. The van der Waals surface area contributed by atoms with Gasteiger partial charge < -0.3 is 4.43 Å². The summed E-state index contributed by atoms with van der Waals surface area (Å²) in [5.74, 6) is 0. The highest BCUT2D eigenvalue weighted by molar-refractivity contribution is 7.10. The van der Waals surface area contributed by atoms with Crippen LogP contribution in [0.3, 0.4) is 0 Å². The van der Waals surface area contributed by atoms with Crippen molar-refractivity contribution in [2.24, 2.45) is 0 Å². The van der Waals surface area contributed by atoms with Gasteiger partial charge in [-0.05, 0) is 37.5 Å². The van der Waals surface area contributed by atoms with Gasteiger partial charge in [0.05, 0.1) is 6.10 Å². The van der Waals surface area contributed by atoms with E-state index in [4.69, 9.17) is 4.43 Å². The Balaban J connectivity index is 2.48. The predicted octanol–water partition coefficient (Wildman–Crippen LogP) is 5.61. The Morgan fingerprint density at radius 1 is 1.24 bits per heavy atom. The molecular weight excluding hydrogens is 244 g/mol. The summed E-state index contributed by atoms with van der Waals surface area (Å²) in [6, 6.07) is 4.35. The Morgan fingerprint density at radius 3 is 2.53 bits per heavy atom. The van der Waals surface area contributed by atoms with Gasteiger partial charge in [0.25, 0.3) is 0 Å². The monoisotopic (exact) mass is 270 g/mol. The van der Waals surface area contributed by atoms with Gasteiger partial charge in [-0.1, -0.05) is 38.7 Å². The minimum absolute atomic E-state index is 0.346. The van der Waals surface area contributed by atoms with Crippen molar-refractivity contribution in [2.45, 2.75) is 64.8 Å². The molecule has 1 aromatic heterocycles. The number of hydrogen-bond donors (Lipinski definition) is 0. The van der Waals surface area contributed by atoms with Crippen molar-refractivity contribution >= 4 is 19.7 Å². The number of hydrogen-bond acceptors (Lipinski definition) is 2. The van der Waals surface area contributed by atoms with E-state index in [1.165, 1.54) is 37.0 Å². The molecule has 0 aliphatic carbocycles. The molecule has 1 heterocycles. The molecule has 0 saturated carbocycles. The first-order valence-electron chi connectivity index (χ1n) is 6.74. The molecule has 0 aromatic carbocycles. The van der Waals surface area contributed by atoms with Gasteiger partial charge >= 0.3 is 0 Å². The summed E-state index contributed by atoms with van der Waals surface area (Å²) in [6.45, 7) is 9.09. The lowest BCUT2D eigenvalue weighted by Gasteiger charge is -2.25. The van der Waals surface area contributed by atoms with E-state index in [1.807, 2.05) is 11.3 Å². The minimum Gasteiger partial charge on any atom is -0.410 e. The maximum absolute atomic E-state index is 6.31. The van der Waals surface area contributed by atoms with E-state index in [0.29, 0.717) is 6.10 Å². The van der Waals surface area contributed by atoms with Crippen molar-refractivity contribution in [3.8, 4) is 0 Å². The summed E-state index contributed by atoms with van der Waals surface area (Å²) >= 11 is 1.83. The molecule has 1 atom stereocenters. The first kappa shape index (κ1) is 14.9. The maximum Gasteiger partial charge on any atom is 0.184 e. The molecule has 17 heavy (non-hydrogen) atoms. The van der Waals surface area contributed by atoms with Gasteiger partial charge in [-0.15, -0.1) is 11.3 Å². The zero-order valence-corrected chi connectivity index (χ0v) is 13.5. The average Bonchev–Trinajstić information content (AvgIpc) is 2.74. The van der Waals surface area contributed by atoms with Crippen LogP contribution < -0.4 is 0 Å². The smallest absolute Gasteiger partial charge is 0.184 e. The molecule has 0 spiro atoms. The molecule has 0 radical (unpaired) electrons. The lowest BCUT2D eigenvalue weighted by molar-refractivity contribution is 0.186. The van der Waals surface area contributed by atoms with Crippen LogP contribution in [0.2, 0.25) is 19.6 Å². The Morgan fingerprint density at radius 2 is 2.00 bits per heavy atom. The van der Waals surface area contributed by atoms with Crippen molar-refractivity contribution in [1.82, 2.24) is 0 Å². The van der Waals surface area contributed by atoms with E-state index in [9.17, 15) is 0 Å². The van der Waals surface area contributed by atoms with Crippen LogP contribution in [0, 0.1) is 0 Å². The second kappa shape index (κ2) is 7.34. The zero-order chi connectivity index (χ0) is 12.7. The minimum atomic E-state index is -1.44. The largest absolute Gasteiger partial charge is 0.410 e. The molecule has 0 N–H and O–H groups in total.